The van der Waals surface area contributed by atoms with E-state index in [-0.39, 0.29) is 23.2 Å². The Morgan fingerprint density at radius 1 is 1.22 bits per heavy atom. The van der Waals surface area contributed by atoms with E-state index in [1.54, 1.807) is 41.1 Å². The largest absolute Gasteiger partial charge is 0.336 e. The van der Waals surface area contributed by atoms with E-state index in [1.807, 2.05) is 13.8 Å². The number of hydrogen-bond acceptors (Lipinski definition) is 6. The van der Waals surface area contributed by atoms with Crippen molar-refractivity contribution < 1.29 is 13.2 Å². The number of nitrogens with zero attached hydrogens (tertiary/aromatic N) is 3. The van der Waals surface area contributed by atoms with Crippen molar-refractivity contribution in [3.8, 4) is 0 Å². The van der Waals surface area contributed by atoms with E-state index < -0.39 is 10.0 Å². The smallest absolute Gasteiger partial charge is 0.256 e. The van der Waals surface area contributed by atoms with Gasteiger partial charge in [0.25, 0.3) is 15.9 Å². The molecule has 1 fully saturated rings. The molecule has 10 heteroatoms. The molecule has 0 radical (unpaired) electrons. The van der Waals surface area contributed by atoms with E-state index in [2.05, 4.69) is 4.98 Å². The Morgan fingerprint density at radius 2 is 1.93 bits per heavy atom. The summed E-state index contributed by atoms with van der Waals surface area (Å²) in [7, 11) is -3.57. The minimum atomic E-state index is -3.57. The number of sulfonamides is 1. The lowest BCUT2D eigenvalue weighted by Crippen LogP contribution is -2.50. The highest BCUT2D eigenvalue weighted by Gasteiger charge is 2.32. The van der Waals surface area contributed by atoms with Gasteiger partial charge in [-0.1, -0.05) is 25.4 Å². The van der Waals surface area contributed by atoms with E-state index >= 15 is 0 Å². The summed E-state index contributed by atoms with van der Waals surface area (Å²) >= 11 is 8.45. The molecule has 27 heavy (non-hydrogen) atoms. The molecule has 1 amide bonds. The number of carbonyl (C=O) groups excluding carboxylic acids is 1. The maximum Gasteiger partial charge on any atom is 0.256 e. The van der Waals surface area contributed by atoms with Gasteiger partial charge in [-0.3, -0.25) is 4.79 Å². The number of piperazine rings is 1. The molecule has 3 heterocycles. The van der Waals surface area contributed by atoms with E-state index in [0.29, 0.717) is 33.3 Å². The molecule has 1 aliphatic rings. The van der Waals surface area contributed by atoms with E-state index in [0.717, 1.165) is 11.3 Å². The SMILES string of the molecule is CC(C)Sc1ncccc1C(=O)N1CCN(S(=O)(=O)c2ccc(Cl)s2)CC1. The molecule has 0 atom stereocenters. The van der Waals surface area contributed by atoms with Crippen LogP contribution in [0.25, 0.3) is 0 Å². The predicted molar refractivity (Wildman–Crippen MR) is 109 cm³/mol. The molecular formula is C17H20ClN3O3S3. The minimum Gasteiger partial charge on any atom is -0.336 e. The van der Waals surface area contributed by atoms with Crippen LogP contribution < -0.4 is 0 Å². The Kier molecular flexibility index (Phi) is 6.47. The third-order valence-electron chi connectivity index (χ3n) is 4.02. The average Bonchev–Trinajstić information content (AvgIpc) is 3.08. The van der Waals surface area contributed by atoms with Crippen molar-refractivity contribution in [1.29, 1.82) is 0 Å². The second-order valence-electron chi connectivity index (χ2n) is 6.28. The molecule has 2 aromatic heterocycles. The quantitative estimate of drug-likeness (QED) is 0.659. The van der Waals surface area contributed by atoms with Gasteiger partial charge in [0.2, 0.25) is 0 Å². The fourth-order valence-corrected chi connectivity index (χ4v) is 6.65. The Labute approximate surface area is 172 Å². The first kappa shape index (κ1) is 20.6. The molecule has 0 spiro atoms. The van der Waals surface area contributed by atoms with Gasteiger partial charge >= 0.3 is 0 Å². The van der Waals surface area contributed by atoms with Crippen LogP contribution in [0.2, 0.25) is 4.34 Å². The zero-order valence-corrected chi connectivity index (χ0v) is 18.2. The molecular weight excluding hydrogens is 426 g/mol. The fraction of sp³-hybridized carbons (Fsp3) is 0.412. The lowest BCUT2D eigenvalue weighted by atomic mass is 10.2. The third kappa shape index (κ3) is 4.65. The minimum absolute atomic E-state index is 0.109. The van der Waals surface area contributed by atoms with E-state index in [1.165, 1.54) is 10.4 Å². The third-order valence-corrected chi connectivity index (χ3v) is 8.63. The molecule has 0 N–H and O–H groups in total. The number of hydrogen-bond donors (Lipinski definition) is 0. The van der Waals surface area contributed by atoms with E-state index in [4.69, 9.17) is 11.6 Å². The van der Waals surface area contributed by atoms with Gasteiger partial charge in [0, 0.05) is 37.6 Å². The van der Waals surface area contributed by atoms with Crippen LogP contribution in [0.1, 0.15) is 24.2 Å². The molecule has 1 saturated heterocycles. The summed E-state index contributed by atoms with van der Waals surface area (Å²) in [6.07, 6.45) is 1.68. The molecule has 1 aliphatic heterocycles. The van der Waals surface area contributed by atoms with Gasteiger partial charge in [0.05, 0.1) is 9.90 Å². The van der Waals surface area contributed by atoms with Crippen LogP contribution in [-0.4, -0.2) is 59.9 Å². The Balaban J connectivity index is 1.70. The number of thioether (sulfide) groups is 1. The fourth-order valence-electron chi connectivity index (χ4n) is 2.74. The molecule has 2 aromatic rings. The number of aromatic nitrogens is 1. The monoisotopic (exact) mass is 445 g/mol. The lowest BCUT2D eigenvalue weighted by Gasteiger charge is -2.34. The van der Waals surface area contributed by atoms with Gasteiger partial charge in [-0.15, -0.1) is 23.1 Å². The lowest BCUT2D eigenvalue weighted by molar-refractivity contribution is 0.0693. The van der Waals surface area contributed by atoms with Crippen LogP contribution in [0.4, 0.5) is 0 Å². The highest BCUT2D eigenvalue weighted by Crippen LogP contribution is 2.29. The first-order chi connectivity index (χ1) is 12.8. The Bertz CT molecular complexity index is 922. The van der Waals surface area contributed by atoms with Gasteiger partial charge in [0.15, 0.2) is 0 Å². The summed E-state index contributed by atoms with van der Waals surface area (Å²) in [6.45, 7) is 5.31. The summed E-state index contributed by atoms with van der Waals surface area (Å²) in [5, 5.41) is 1.02. The topological polar surface area (TPSA) is 70.6 Å². The summed E-state index contributed by atoms with van der Waals surface area (Å²) < 4.78 is 27.4. The molecule has 0 aromatic carbocycles. The number of rotatable bonds is 5. The van der Waals surface area contributed by atoms with Gasteiger partial charge in [-0.25, -0.2) is 13.4 Å². The first-order valence-corrected chi connectivity index (χ1v) is 12.0. The van der Waals surface area contributed by atoms with Gasteiger partial charge in [-0.05, 0) is 24.3 Å². The molecule has 6 nitrogen and oxygen atoms in total. The number of amides is 1. The van der Waals surface area contributed by atoms with Crippen molar-refractivity contribution in [2.24, 2.45) is 0 Å². The van der Waals surface area contributed by atoms with Crippen molar-refractivity contribution in [1.82, 2.24) is 14.2 Å². The highest BCUT2D eigenvalue weighted by molar-refractivity contribution is 7.99. The van der Waals surface area contributed by atoms with Gasteiger partial charge in [0.1, 0.15) is 9.24 Å². The molecule has 0 bridgehead atoms. The summed E-state index contributed by atoms with van der Waals surface area (Å²) in [6, 6.07) is 6.62. The van der Waals surface area contributed by atoms with Crippen LogP contribution in [-0.2, 0) is 10.0 Å². The zero-order valence-electron chi connectivity index (χ0n) is 15.0. The van der Waals surface area contributed by atoms with Crippen LogP contribution in [0.3, 0.4) is 0 Å². The van der Waals surface area contributed by atoms with Gasteiger partial charge < -0.3 is 4.90 Å². The van der Waals surface area contributed by atoms with Crippen LogP contribution in [0.15, 0.2) is 39.7 Å². The normalized spacial score (nSPS) is 16.1. The zero-order chi connectivity index (χ0) is 19.6. The molecule has 0 saturated carbocycles. The van der Waals surface area contributed by atoms with Crippen molar-refractivity contribution in [3.05, 3.63) is 40.4 Å². The summed E-state index contributed by atoms with van der Waals surface area (Å²) in [5.74, 6) is -0.109. The summed E-state index contributed by atoms with van der Waals surface area (Å²) in [4.78, 5) is 18.9. The molecule has 0 aliphatic carbocycles. The van der Waals surface area contributed by atoms with Crippen molar-refractivity contribution >= 4 is 50.6 Å². The average molecular weight is 446 g/mol. The van der Waals surface area contributed by atoms with Crippen molar-refractivity contribution in [2.75, 3.05) is 26.2 Å². The Hall–Kier alpha value is -1.13. The van der Waals surface area contributed by atoms with Crippen molar-refractivity contribution in [3.63, 3.8) is 0 Å². The Morgan fingerprint density at radius 3 is 2.52 bits per heavy atom. The number of halogens is 1. The van der Waals surface area contributed by atoms with Crippen LogP contribution in [0.5, 0.6) is 0 Å². The number of thiophene rings is 1. The molecule has 3 rings (SSSR count). The number of pyridine rings is 1. The van der Waals surface area contributed by atoms with Gasteiger partial charge in [-0.2, -0.15) is 4.31 Å². The predicted octanol–water partition coefficient (Wildman–Crippen LogP) is 3.44. The summed E-state index contributed by atoms with van der Waals surface area (Å²) in [5.41, 5.74) is 0.567. The second-order valence-corrected chi connectivity index (χ2v) is 11.7. The van der Waals surface area contributed by atoms with Crippen LogP contribution in [0, 0.1) is 0 Å². The second kappa shape index (κ2) is 8.48. The number of carbonyl (C=O) groups is 1. The molecule has 0 unspecified atom stereocenters. The van der Waals surface area contributed by atoms with Crippen LogP contribution >= 0.6 is 34.7 Å². The first-order valence-electron chi connectivity index (χ1n) is 8.45. The molecule has 146 valence electrons. The maximum absolute atomic E-state index is 12.9. The highest BCUT2D eigenvalue weighted by atomic mass is 35.5. The van der Waals surface area contributed by atoms with E-state index in [9.17, 15) is 13.2 Å². The standard InChI is InChI=1S/C17H20ClN3O3S3/c1-12(2)25-16-13(4-3-7-19-16)17(22)20-8-10-21(11-9-20)27(23,24)15-6-5-14(18)26-15/h3-7,12H,8-11H2,1-2H3. The van der Waals surface area contributed by atoms with Crippen molar-refractivity contribution in [2.45, 2.75) is 28.3 Å². The maximum atomic E-state index is 12.9.